The van der Waals surface area contributed by atoms with Crippen LogP contribution in [0.25, 0.3) is 0 Å². The quantitative estimate of drug-likeness (QED) is 0.650. The van der Waals surface area contributed by atoms with Gasteiger partial charge in [0.15, 0.2) is 0 Å². The largest absolute Gasteiger partial charge is 0.317 e. The normalized spacial score (nSPS) is 19.2. The highest BCUT2D eigenvalue weighted by atomic mass is 32.2. The van der Waals surface area contributed by atoms with Crippen molar-refractivity contribution < 1.29 is 8.42 Å². The van der Waals surface area contributed by atoms with Crippen LogP contribution < -0.4 is 5.32 Å². The van der Waals surface area contributed by atoms with Crippen molar-refractivity contribution >= 4 is 10.0 Å². The van der Waals surface area contributed by atoms with Crippen LogP contribution in [-0.4, -0.2) is 69.7 Å². The highest BCUT2D eigenvalue weighted by Gasteiger charge is 2.24. The number of nitrogens with zero attached hydrogens (tertiary/aromatic N) is 2. The van der Waals surface area contributed by atoms with Crippen LogP contribution in [0.3, 0.4) is 0 Å². The molecule has 0 unspecified atom stereocenters. The molecule has 0 aromatic heterocycles. The third-order valence-corrected chi connectivity index (χ3v) is 5.24. The van der Waals surface area contributed by atoms with Crippen molar-refractivity contribution in [2.24, 2.45) is 0 Å². The van der Waals surface area contributed by atoms with Crippen molar-refractivity contribution in [3.8, 4) is 0 Å². The molecule has 1 aliphatic rings. The first-order chi connectivity index (χ1) is 8.56. The second-order valence-electron chi connectivity index (χ2n) is 4.98. The zero-order chi connectivity index (χ0) is 13.4. The molecule has 1 heterocycles. The highest BCUT2D eigenvalue weighted by Crippen LogP contribution is 2.08. The maximum absolute atomic E-state index is 12.1. The Morgan fingerprint density at radius 2 is 1.72 bits per heavy atom. The molecule has 18 heavy (non-hydrogen) atoms. The summed E-state index contributed by atoms with van der Waals surface area (Å²) in [5.41, 5.74) is 0. The summed E-state index contributed by atoms with van der Waals surface area (Å²) in [5.74, 6) is 0.296. The van der Waals surface area contributed by atoms with Crippen molar-refractivity contribution in [2.45, 2.75) is 26.2 Å². The Balaban J connectivity index is 2.19. The molecule has 0 atom stereocenters. The second kappa shape index (κ2) is 8.09. The molecule has 6 heteroatoms. The van der Waals surface area contributed by atoms with Crippen LogP contribution in [0.2, 0.25) is 0 Å². The van der Waals surface area contributed by atoms with Crippen LogP contribution in [-0.2, 0) is 10.0 Å². The summed E-state index contributed by atoms with van der Waals surface area (Å²) in [6.45, 7) is 7.05. The topological polar surface area (TPSA) is 52.7 Å². The van der Waals surface area contributed by atoms with Gasteiger partial charge in [-0.25, -0.2) is 8.42 Å². The summed E-state index contributed by atoms with van der Waals surface area (Å²) in [6, 6.07) is 0. The van der Waals surface area contributed by atoms with Crippen LogP contribution in [0.5, 0.6) is 0 Å². The van der Waals surface area contributed by atoms with E-state index < -0.39 is 10.0 Å². The summed E-state index contributed by atoms with van der Waals surface area (Å²) < 4.78 is 25.8. The number of hydrogen-bond donors (Lipinski definition) is 1. The molecule has 0 radical (unpaired) electrons. The molecule has 0 bridgehead atoms. The van der Waals surface area contributed by atoms with Gasteiger partial charge in [0.1, 0.15) is 0 Å². The van der Waals surface area contributed by atoms with Crippen LogP contribution in [0.1, 0.15) is 26.2 Å². The summed E-state index contributed by atoms with van der Waals surface area (Å²) in [4.78, 5) is 2.17. The smallest absolute Gasteiger partial charge is 0.214 e. The number of nitrogens with one attached hydrogen (secondary N) is 1. The Labute approximate surface area is 112 Å². The number of rotatable bonds is 8. The standard InChI is InChI=1S/C12H27N3O2S/c1-3-6-13-7-4-5-12-18(16,17)15-10-8-14(2)9-11-15/h13H,3-12H2,1-2H3. The zero-order valence-corrected chi connectivity index (χ0v) is 12.5. The Hall–Kier alpha value is -0.170. The van der Waals surface area contributed by atoms with Crippen molar-refractivity contribution in [3.63, 3.8) is 0 Å². The summed E-state index contributed by atoms with van der Waals surface area (Å²) in [7, 11) is -0.990. The van der Waals surface area contributed by atoms with Crippen LogP contribution in [0.15, 0.2) is 0 Å². The van der Waals surface area contributed by atoms with Gasteiger partial charge in [0.2, 0.25) is 10.0 Å². The van der Waals surface area contributed by atoms with Crippen molar-refractivity contribution in [2.75, 3.05) is 52.1 Å². The van der Waals surface area contributed by atoms with E-state index in [4.69, 9.17) is 0 Å². The predicted octanol–water partition coefficient (Wildman–Crippen LogP) is 0.343. The number of likely N-dealkylation sites (N-methyl/N-ethyl adjacent to an activating group) is 1. The Bertz CT molecular complexity index is 311. The summed E-state index contributed by atoms with van der Waals surface area (Å²) >= 11 is 0. The lowest BCUT2D eigenvalue weighted by molar-refractivity contribution is 0.222. The molecular formula is C12H27N3O2S. The van der Waals surface area contributed by atoms with Gasteiger partial charge in [0.25, 0.3) is 0 Å². The average molecular weight is 277 g/mol. The molecule has 1 fully saturated rings. The van der Waals surface area contributed by atoms with Gasteiger partial charge < -0.3 is 10.2 Å². The SMILES string of the molecule is CCCNCCCCS(=O)(=O)N1CCN(C)CC1. The fraction of sp³-hybridized carbons (Fsp3) is 1.00. The molecule has 5 nitrogen and oxygen atoms in total. The Kier molecular flexibility index (Phi) is 7.14. The van der Waals surface area contributed by atoms with Crippen molar-refractivity contribution in [1.82, 2.24) is 14.5 Å². The molecule has 1 rings (SSSR count). The first kappa shape index (κ1) is 15.9. The minimum absolute atomic E-state index is 0.296. The van der Waals surface area contributed by atoms with E-state index in [0.29, 0.717) is 18.8 Å². The monoisotopic (exact) mass is 277 g/mol. The molecule has 0 aromatic rings. The molecule has 0 aromatic carbocycles. The molecule has 0 saturated carbocycles. The van der Waals surface area contributed by atoms with E-state index in [1.54, 1.807) is 4.31 Å². The van der Waals surface area contributed by atoms with E-state index in [1.165, 1.54) is 0 Å². The van der Waals surface area contributed by atoms with Gasteiger partial charge in [-0.15, -0.1) is 0 Å². The lowest BCUT2D eigenvalue weighted by Gasteiger charge is -2.31. The van der Waals surface area contributed by atoms with Crippen LogP contribution in [0.4, 0.5) is 0 Å². The van der Waals surface area contributed by atoms with Gasteiger partial charge in [-0.05, 0) is 39.4 Å². The molecule has 0 spiro atoms. The minimum Gasteiger partial charge on any atom is -0.317 e. The van der Waals surface area contributed by atoms with E-state index >= 15 is 0 Å². The maximum Gasteiger partial charge on any atom is 0.214 e. The van der Waals surface area contributed by atoms with Crippen LogP contribution in [0, 0.1) is 0 Å². The van der Waals surface area contributed by atoms with Crippen molar-refractivity contribution in [3.05, 3.63) is 0 Å². The van der Waals surface area contributed by atoms with E-state index in [0.717, 1.165) is 45.4 Å². The van der Waals surface area contributed by atoms with E-state index in [2.05, 4.69) is 17.1 Å². The first-order valence-corrected chi connectivity index (χ1v) is 8.54. The van der Waals surface area contributed by atoms with E-state index in [1.807, 2.05) is 7.05 Å². The molecule has 1 N–H and O–H groups in total. The molecule has 0 aliphatic carbocycles. The second-order valence-corrected chi connectivity index (χ2v) is 7.06. The zero-order valence-electron chi connectivity index (χ0n) is 11.7. The Morgan fingerprint density at radius 1 is 1.06 bits per heavy atom. The molecule has 0 amide bonds. The number of unbranched alkanes of at least 4 members (excludes halogenated alkanes) is 1. The van der Waals surface area contributed by atoms with Crippen LogP contribution >= 0.6 is 0 Å². The van der Waals surface area contributed by atoms with Crippen molar-refractivity contribution in [1.29, 1.82) is 0 Å². The van der Waals surface area contributed by atoms with E-state index in [-0.39, 0.29) is 0 Å². The molecule has 1 aliphatic heterocycles. The molecule has 1 saturated heterocycles. The highest BCUT2D eigenvalue weighted by molar-refractivity contribution is 7.89. The minimum atomic E-state index is -3.02. The predicted molar refractivity (Wildman–Crippen MR) is 75.3 cm³/mol. The number of hydrogen-bond acceptors (Lipinski definition) is 4. The first-order valence-electron chi connectivity index (χ1n) is 6.93. The maximum atomic E-state index is 12.1. The van der Waals surface area contributed by atoms with Gasteiger partial charge in [-0.1, -0.05) is 6.92 Å². The number of piperazine rings is 1. The fourth-order valence-electron chi connectivity index (χ4n) is 2.03. The third kappa shape index (κ3) is 5.65. The summed E-state index contributed by atoms with van der Waals surface area (Å²) in [6.07, 6.45) is 2.82. The van der Waals surface area contributed by atoms with Gasteiger partial charge in [-0.2, -0.15) is 4.31 Å². The van der Waals surface area contributed by atoms with Gasteiger partial charge in [0.05, 0.1) is 5.75 Å². The van der Waals surface area contributed by atoms with Gasteiger partial charge in [0, 0.05) is 26.2 Å². The lowest BCUT2D eigenvalue weighted by Crippen LogP contribution is -2.47. The average Bonchev–Trinajstić information content (AvgIpc) is 2.34. The lowest BCUT2D eigenvalue weighted by atomic mass is 10.3. The Morgan fingerprint density at radius 3 is 2.33 bits per heavy atom. The van der Waals surface area contributed by atoms with E-state index in [9.17, 15) is 8.42 Å². The fourth-order valence-corrected chi connectivity index (χ4v) is 3.58. The molecule has 108 valence electrons. The summed E-state index contributed by atoms with van der Waals surface area (Å²) in [5, 5.41) is 3.29. The van der Waals surface area contributed by atoms with Gasteiger partial charge in [-0.3, -0.25) is 0 Å². The van der Waals surface area contributed by atoms with Gasteiger partial charge >= 0.3 is 0 Å². The third-order valence-electron chi connectivity index (χ3n) is 3.29. The molecular weight excluding hydrogens is 250 g/mol. The number of sulfonamides is 1.